The number of alkyl halides is 8. The quantitative estimate of drug-likeness (QED) is 0.365. The van der Waals surface area contributed by atoms with E-state index in [1.165, 1.54) is 12.2 Å². The molecular formula is C19H13F8N7O2S. The summed E-state index contributed by atoms with van der Waals surface area (Å²) in [5, 5.41) is 9.24. The Kier molecular flexibility index (Phi) is 6.41. The molecule has 198 valence electrons. The Morgan fingerprint density at radius 2 is 1.76 bits per heavy atom. The molecule has 0 spiro atoms. The summed E-state index contributed by atoms with van der Waals surface area (Å²) in [6.07, 6.45) is -8.90. The number of carbonyl (C=O) groups is 1. The van der Waals surface area contributed by atoms with Crippen molar-refractivity contribution >= 4 is 28.0 Å². The number of rotatable bonds is 6. The summed E-state index contributed by atoms with van der Waals surface area (Å²) in [6.45, 7) is -0.548. The number of hydrogen-bond acceptors (Lipinski definition) is 6. The molecule has 0 bridgehead atoms. The lowest BCUT2D eigenvalue weighted by molar-refractivity contribution is -0.278. The summed E-state index contributed by atoms with van der Waals surface area (Å²) < 4.78 is 117. The van der Waals surface area contributed by atoms with Gasteiger partial charge in [0.15, 0.2) is 22.1 Å². The summed E-state index contributed by atoms with van der Waals surface area (Å²) in [5.74, 6) is -6.87. The van der Waals surface area contributed by atoms with E-state index in [4.69, 9.17) is 0 Å². The molecule has 18 heteroatoms. The maximum atomic E-state index is 13.3. The lowest BCUT2D eigenvalue weighted by Gasteiger charge is -2.19. The molecule has 0 saturated heterocycles. The molecule has 1 unspecified atom stereocenters. The number of halogens is 8. The van der Waals surface area contributed by atoms with Crippen LogP contribution in [0.3, 0.4) is 0 Å². The van der Waals surface area contributed by atoms with Crippen LogP contribution in [-0.2, 0) is 17.0 Å². The van der Waals surface area contributed by atoms with Crippen LogP contribution >= 0.6 is 0 Å². The van der Waals surface area contributed by atoms with E-state index in [-0.39, 0.29) is 33.5 Å². The van der Waals surface area contributed by atoms with Gasteiger partial charge in [0.1, 0.15) is 11.3 Å². The van der Waals surface area contributed by atoms with Crippen molar-refractivity contribution in [2.75, 3.05) is 12.3 Å². The number of hydrogen-bond donors (Lipinski definition) is 1. The van der Waals surface area contributed by atoms with Gasteiger partial charge < -0.3 is 5.32 Å². The van der Waals surface area contributed by atoms with Crippen molar-refractivity contribution in [1.82, 2.24) is 34.5 Å². The molecule has 1 atom stereocenters. The summed E-state index contributed by atoms with van der Waals surface area (Å²) in [7, 11) is -1.87. The Balaban J connectivity index is 1.82. The third-order valence-electron chi connectivity index (χ3n) is 4.96. The number of nitrogens with zero attached hydrogens (tertiary/aromatic N) is 6. The maximum absolute atomic E-state index is 13.3. The Hall–Kier alpha value is -3.70. The van der Waals surface area contributed by atoms with E-state index >= 15 is 0 Å². The van der Waals surface area contributed by atoms with Crippen LogP contribution in [0, 0.1) is 0 Å². The Morgan fingerprint density at radius 1 is 1.05 bits per heavy atom. The molecule has 0 fully saturated rings. The second-order valence-electron chi connectivity index (χ2n) is 7.42. The molecule has 0 saturated carbocycles. The van der Waals surface area contributed by atoms with Crippen LogP contribution in [0.1, 0.15) is 23.0 Å². The van der Waals surface area contributed by atoms with Crippen molar-refractivity contribution in [2.45, 2.75) is 30.2 Å². The van der Waals surface area contributed by atoms with Gasteiger partial charge in [-0.3, -0.25) is 9.00 Å². The molecular weight excluding hydrogens is 542 g/mol. The van der Waals surface area contributed by atoms with Crippen molar-refractivity contribution in [2.24, 2.45) is 0 Å². The fourth-order valence-corrected chi connectivity index (χ4v) is 3.98. The summed E-state index contributed by atoms with van der Waals surface area (Å²) >= 11 is 0. The molecule has 0 aliphatic heterocycles. The smallest absolute Gasteiger partial charge is 0.344 e. The van der Waals surface area contributed by atoms with Crippen LogP contribution in [-0.4, -0.2) is 63.7 Å². The van der Waals surface area contributed by atoms with E-state index in [9.17, 15) is 44.1 Å². The van der Waals surface area contributed by atoms with E-state index in [2.05, 4.69) is 20.2 Å². The molecule has 0 aliphatic rings. The van der Waals surface area contributed by atoms with E-state index in [1.54, 1.807) is 0 Å². The summed E-state index contributed by atoms with van der Waals surface area (Å²) in [4.78, 5) is 20.6. The van der Waals surface area contributed by atoms with Crippen LogP contribution in [0.4, 0.5) is 35.1 Å². The molecule has 9 nitrogen and oxygen atoms in total. The molecule has 4 aromatic rings. The van der Waals surface area contributed by atoms with Crippen molar-refractivity contribution in [1.29, 1.82) is 0 Å². The summed E-state index contributed by atoms with van der Waals surface area (Å²) in [6, 6.07) is 2.78. The minimum atomic E-state index is -5.90. The van der Waals surface area contributed by atoms with Gasteiger partial charge >= 0.3 is 18.3 Å². The standard InChI is InChI=1S/C19H13F8N7O2S/c1-2-37(36)16-12(13-30-11-4-3-9(18(22,23)24)7-33(11)31-13)14-28-6-5-10(34(14)32-16)15(35)29-8-17(20,21)19(25,26)27/h3-7H,2,8H2,1H3,(H,29,35). The number of aromatic nitrogens is 6. The third-order valence-corrected chi connectivity index (χ3v) is 6.21. The van der Waals surface area contributed by atoms with E-state index < -0.39 is 52.8 Å². The van der Waals surface area contributed by atoms with Gasteiger partial charge in [-0.25, -0.2) is 19.0 Å². The molecule has 37 heavy (non-hydrogen) atoms. The number of fused-ring (bicyclic) bond motifs is 2. The van der Waals surface area contributed by atoms with Gasteiger partial charge in [-0.05, 0) is 18.2 Å². The van der Waals surface area contributed by atoms with E-state index in [0.29, 0.717) is 6.20 Å². The zero-order valence-corrected chi connectivity index (χ0v) is 19.0. The van der Waals surface area contributed by atoms with Crippen molar-refractivity contribution in [3.05, 3.63) is 41.9 Å². The highest BCUT2D eigenvalue weighted by Crippen LogP contribution is 2.35. The average molecular weight is 555 g/mol. The van der Waals surface area contributed by atoms with Crippen molar-refractivity contribution in [3.8, 4) is 11.4 Å². The number of nitrogens with one attached hydrogen (secondary N) is 1. The van der Waals surface area contributed by atoms with E-state index in [1.807, 2.05) is 0 Å². The lowest BCUT2D eigenvalue weighted by atomic mass is 10.3. The first kappa shape index (κ1) is 26.4. The first-order chi connectivity index (χ1) is 17.1. The zero-order valence-electron chi connectivity index (χ0n) is 18.2. The van der Waals surface area contributed by atoms with Crippen molar-refractivity contribution in [3.63, 3.8) is 0 Å². The number of carbonyl (C=O) groups excluding carboxylic acids is 1. The Labute approximate surface area is 203 Å². The van der Waals surface area contributed by atoms with Crippen LogP contribution in [0.25, 0.3) is 22.7 Å². The molecule has 4 rings (SSSR count). The fourth-order valence-electron chi connectivity index (χ4n) is 3.13. The highest BCUT2D eigenvalue weighted by atomic mass is 32.2. The van der Waals surface area contributed by atoms with Gasteiger partial charge in [-0.1, -0.05) is 6.92 Å². The maximum Gasteiger partial charge on any atom is 0.455 e. The predicted octanol–water partition coefficient (Wildman–Crippen LogP) is 3.51. The zero-order chi connectivity index (χ0) is 27.3. The lowest BCUT2D eigenvalue weighted by Crippen LogP contribution is -2.47. The van der Waals surface area contributed by atoms with E-state index in [0.717, 1.165) is 33.4 Å². The normalized spacial score (nSPS) is 13.9. The Morgan fingerprint density at radius 3 is 2.38 bits per heavy atom. The molecule has 1 N–H and O–H groups in total. The van der Waals surface area contributed by atoms with Crippen molar-refractivity contribution < 1.29 is 44.1 Å². The van der Waals surface area contributed by atoms with Gasteiger partial charge in [0, 0.05) is 18.1 Å². The summed E-state index contributed by atoms with van der Waals surface area (Å²) in [5.41, 5.74) is -1.96. The average Bonchev–Trinajstić information content (AvgIpc) is 3.41. The first-order valence-electron chi connectivity index (χ1n) is 10.1. The molecule has 0 aromatic carbocycles. The fraction of sp³-hybridized carbons (Fsp3) is 0.316. The van der Waals surface area contributed by atoms with Gasteiger partial charge in [0.25, 0.3) is 5.91 Å². The van der Waals surface area contributed by atoms with Gasteiger partial charge in [-0.15, -0.1) is 5.10 Å². The topological polar surface area (TPSA) is 107 Å². The Bertz CT molecular complexity index is 1530. The van der Waals surface area contributed by atoms with Crippen LogP contribution in [0.15, 0.2) is 35.6 Å². The SMILES string of the molecule is CCS(=O)c1nn2c(C(=O)NCC(F)(F)C(F)(F)F)ccnc2c1-c1nc2ccc(C(F)(F)F)cn2n1. The minimum absolute atomic E-state index is 0.0121. The monoisotopic (exact) mass is 555 g/mol. The molecule has 4 heterocycles. The third kappa shape index (κ3) is 4.84. The largest absolute Gasteiger partial charge is 0.455 e. The highest BCUT2D eigenvalue weighted by molar-refractivity contribution is 7.85. The van der Waals surface area contributed by atoms with Gasteiger partial charge in [0.05, 0.1) is 22.9 Å². The van der Waals surface area contributed by atoms with Crippen LogP contribution in [0.5, 0.6) is 0 Å². The molecule has 4 aromatic heterocycles. The molecule has 1 amide bonds. The van der Waals surface area contributed by atoms with Gasteiger partial charge in [-0.2, -0.15) is 40.2 Å². The van der Waals surface area contributed by atoms with Crippen LogP contribution < -0.4 is 5.32 Å². The number of amides is 1. The molecule has 0 radical (unpaired) electrons. The number of pyridine rings is 1. The minimum Gasteiger partial charge on any atom is -0.344 e. The predicted molar refractivity (Wildman–Crippen MR) is 110 cm³/mol. The van der Waals surface area contributed by atoms with Crippen LogP contribution in [0.2, 0.25) is 0 Å². The highest BCUT2D eigenvalue weighted by Gasteiger charge is 2.57. The van der Waals surface area contributed by atoms with Gasteiger partial charge in [0.2, 0.25) is 0 Å². The first-order valence-corrected chi connectivity index (χ1v) is 11.4. The molecule has 0 aliphatic carbocycles. The second-order valence-corrected chi connectivity index (χ2v) is 9.07. The second kappa shape index (κ2) is 9.00.